The number of halogens is 3. The van der Waals surface area contributed by atoms with Gasteiger partial charge in [0.15, 0.2) is 0 Å². The van der Waals surface area contributed by atoms with Crippen LogP contribution in [0.1, 0.15) is 51.0 Å². The van der Waals surface area contributed by atoms with E-state index >= 15 is 0 Å². The fraction of sp³-hybridized carbons (Fsp3) is 0.462. The van der Waals surface area contributed by atoms with Gasteiger partial charge in [0.1, 0.15) is 18.4 Å². The van der Waals surface area contributed by atoms with Crippen molar-refractivity contribution >= 4 is 50.7 Å². The lowest BCUT2D eigenvalue weighted by Crippen LogP contribution is -2.54. The van der Waals surface area contributed by atoms with Crippen LogP contribution in [-0.4, -0.2) is 50.0 Å². The second kappa shape index (κ2) is 12.9. The minimum atomic E-state index is -3.96. The largest absolute Gasteiger partial charge is 0.352 e. The molecule has 1 aliphatic carbocycles. The number of carbonyl (C=O) groups excluding carboxylic acids is 2. The van der Waals surface area contributed by atoms with Gasteiger partial charge in [-0.3, -0.25) is 13.9 Å². The Hall–Kier alpha value is -2.36. The first kappa shape index (κ1) is 29.2. The molecule has 2 aromatic carbocycles. The van der Waals surface area contributed by atoms with Crippen LogP contribution in [0.25, 0.3) is 0 Å². The molecule has 1 fully saturated rings. The van der Waals surface area contributed by atoms with Crippen molar-refractivity contribution in [3.05, 3.63) is 63.9 Å². The normalized spacial score (nSPS) is 15.2. The van der Waals surface area contributed by atoms with Crippen LogP contribution in [0.2, 0.25) is 10.0 Å². The summed E-state index contributed by atoms with van der Waals surface area (Å²) in [6.07, 6.45) is 6.13. The minimum absolute atomic E-state index is 0.00582. The van der Waals surface area contributed by atoms with E-state index in [0.717, 1.165) is 48.7 Å². The molecule has 37 heavy (non-hydrogen) atoms. The van der Waals surface area contributed by atoms with Gasteiger partial charge in [0, 0.05) is 28.2 Å². The molecule has 0 spiro atoms. The number of sulfonamides is 1. The minimum Gasteiger partial charge on any atom is -0.352 e. The van der Waals surface area contributed by atoms with E-state index in [0.29, 0.717) is 15.6 Å². The summed E-state index contributed by atoms with van der Waals surface area (Å²) in [5.74, 6) is -1.60. The third-order valence-electron chi connectivity index (χ3n) is 6.50. The smallest absolute Gasteiger partial charge is 0.244 e. The zero-order chi connectivity index (χ0) is 27.2. The summed E-state index contributed by atoms with van der Waals surface area (Å²) in [4.78, 5) is 28.4. The Bertz CT molecular complexity index is 1200. The molecule has 0 aliphatic heterocycles. The third-order valence-corrected chi connectivity index (χ3v) is 8.35. The van der Waals surface area contributed by atoms with Gasteiger partial charge in [-0.25, -0.2) is 12.8 Å². The summed E-state index contributed by atoms with van der Waals surface area (Å²) < 4.78 is 40.0. The molecule has 1 saturated carbocycles. The fourth-order valence-electron chi connectivity index (χ4n) is 4.56. The van der Waals surface area contributed by atoms with Crippen LogP contribution in [0, 0.1) is 5.82 Å². The van der Waals surface area contributed by atoms with Crippen molar-refractivity contribution in [1.82, 2.24) is 10.2 Å². The van der Waals surface area contributed by atoms with Gasteiger partial charge < -0.3 is 10.2 Å². The zero-order valence-electron chi connectivity index (χ0n) is 20.9. The Morgan fingerprint density at radius 1 is 1.08 bits per heavy atom. The molecule has 7 nitrogen and oxygen atoms in total. The van der Waals surface area contributed by atoms with Gasteiger partial charge in [-0.05, 0) is 49.6 Å². The number of rotatable bonds is 10. The van der Waals surface area contributed by atoms with Crippen LogP contribution >= 0.6 is 23.2 Å². The summed E-state index contributed by atoms with van der Waals surface area (Å²) in [5, 5.41) is 3.70. The summed E-state index contributed by atoms with van der Waals surface area (Å²) in [6.45, 7) is 1.05. The third kappa shape index (κ3) is 7.82. The topological polar surface area (TPSA) is 86.8 Å². The van der Waals surface area contributed by atoms with E-state index in [1.807, 2.05) is 0 Å². The molecule has 2 aromatic rings. The van der Waals surface area contributed by atoms with Gasteiger partial charge in [0.05, 0.1) is 11.9 Å². The quantitative estimate of drug-likeness (QED) is 0.427. The molecule has 0 saturated heterocycles. The number of hydrogen-bond acceptors (Lipinski definition) is 4. The number of benzene rings is 2. The predicted molar refractivity (Wildman–Crippen MR) is 145 cm³/mol. The number of hydrogen-bond donors (Lipinski definition) is 1. The second-order valence-electron chi connectivity index (χ2n) is 9.24. The van der Waals surface area contributed by atoms with E-state index in [4.69, 9.17) is 23.2 Å². The summed E-state index contributed by atoms with van der Waals surface area (Å²) in [6, 6.07) is 9.04. The van der Waals surface area contributed by atoms with E-state index in [-0.39, 0.29) is 30.6 Å². The van der Waals surface area contributed by atoms with Crippen LogP contribution in [0.3, 0.4) is 0 Å². The highest BCUT2D eigenvalue weighted by molar-refractivity contribution is 7.92. The van der Waals surface area contributed by atoms with Gasteiger partial charge in [0.25, 0.3) is 0 Å². The molecule has 1 N–H and O–H groups in total. The van der Waals surface area contributed by atoms with E-state index in [2.05, 4.69) is 5.32 Å². The molecule has 0 heterocycles. The van der Waals surface area contributed by atoms with E-state index in [1.54, 1.807) is 25.1 Å². The fourth-order valence-corrected chi connectivity index (χ4v) is 5.92. The first-order valence-electron chi connectivity index (χ1n) is 12.3. The van der Waals surface area contributed by atoms with Crippen LogP contribution in [0.15, 0.2) is 42.5 Å². The van der Waals surface area contributed by atoms with Gasteiger partial charge in [-0.2, -0.15) is 0 Å². The second-order valence-corrected chi connectivity index (χ2v) is 12.0. The zero-order valence-corrected chi connectivity index (χ0v) is 23.3. The molecule has 202 valence electrons. The monoisotopic (exact) mass is 571 g/mol. The average molecular weight is 573 g/mol. The van der Waals surface area contributed by atoms with Crippen molar-refractivity contribution in [3.63, 3.8) is 0 Å². The first-order chi connectivity index (χ1) is 17.5. The molecular weight excluding hydrogens is 540 g/mol. The summed E-state index contributed by atoms with van der Waals surface area (Å²) in [7, 11) is -3.96. The number of nitrogens with one attached hydrogen (secondary N) is 1. The number of nitrogens with zero attached hydrogens (tertiary/aromatic N) is 2. The van der Waals surface area contributed by atoms with Gasteiger partial charge in [-0.15, -0.1) is 0 Å². The van der Waals surface area contributed by atoms with Crippen molar-refractivity contribution in [2.75, 3.05) is 17.1 Å². The average Bonchev–Trinajstić information content (AvgIpc) is 2.84. The van der Waals surface area contributed by atoms with Gasteiger partial charge in [-0.1, -0.05) is 61.5 Å². The van der Waals surface area contributed by atoms with Gasteiger partial charge >= 0.3 is 0 Å². The SMILES string of the molecule is CC[C@H](C(=O)NC1CCCCC1)N(Cc1c(Cl)cccc1Cl)C(=O)CN(c1cccc(F)c1)S(C)(=O)=O. The van der Waals surface area contributed by atoms with E-state index < -0.39 is 34.3 Å². The predicted octanol–water partition coefficient (Wildman–Crippen LogP) is 5.15. The molecule has 0 unspecified atom stereocenters. The summed E-state index contributed by atoms with van der Waals surface area (Å²) in [5.41, 5.74) is 0.450. The first-order valence-corrected chi connectivity index (χ1v) is 14.9. The maximum absolute atomic E-state index is 13.9. The van der Waals surface area contributed by atoms with Crippen LogP contribution < -0.4 is 9.62 Å². The Labute approximate surface area is 228 Å². The highest BCUT2D eigenvalue weighted by Crippen LogP contribution is 2.28. The van der Waals surface area contributed by atoms with E-state index in [1.165, 1.54) is 23.1 Å². The molecule has 11 heteroatoms. The Kier molecular flexibility index (Phi) is 10.2. The van der Waals surface area contributed by atoms with Crippen molar-refractivity contribution in [2.45, 2.75) is 64.1 Å². The summed E-state index contributed by atoms with van der Waals surface area (Å²) >= 11 is 12.8. The molecule has 0 bridgehead atoms. The van der Waals surface area contributed by atoms with Crippen molar-refractivity contribution in [3.8, 4) is 0 Å². The van der Waals surface area contributed by atoms with Crippen LogP contribution in [0.5, 0.6) is 0 Å². The Balaban J connectivity index is 1.96. The highest BCUT2D eigenvalue weighted by Gasteiger charge is 2.33. The molecule has 0 radical (unpaired) electrons. The molecular formula is C26H32Cl2FN3O4S. The lowest BCUT2D eigenvalue weighted by Gasteiger charge is -2.34. The lowest BCUT2D eigenvalue weighted by molar-refractivity contribution is -0.140. The Morgan fingerprint density at radius 3 is 2.27 bits per heavy atom. The number of amides is 2. The van der Waals surface area contributed by atoms with Crippen molar-refractivity contribution in [2.24, 2.45) is 0 Å². The van der Waals surface area contributed by atoms with E-state index in [9.17, 15) is 22.4 Å². The number of carbonyl (C=O) groups is 2. The van der Waals surface area contributed by atoms with Crippen molar-refractivity contribution in [1.29, 1.82) is 0 Å². The highest BCUT2D eigenvalue weighted by atomic mass is 35.5. The standard InChI is InChI=1S/C26H32Cl2FN3O4S/c1-3-24(26(34)30-19-10-5-4-6-11-19)31(16-21-22(27)13-8-14-23(21)28)25(33)17-32(37(2,35)36)20-12-7-9-18(29)15-20/h7-9,12-15,19,24H,3-6,10-11,16-17H2,1-2H3,(H,30,34)/t24-/m1/s1. The molecule has 2 amide bonds. The molecule has 0 aromatic heterocycles. The lowest BCUT2D eigenvalue weighted by atomic mass is 9.95. The molecule has 3 rings (SSSR count). The van der Waals surface area contributed by atoms with Crippen LogP contribution in [-0.2, 0) is 26.2 Å². The number of anilines is 1. The van der Waals surface area contributed by atoms with Crippen LogP contribution in [0.4, 0.5) is 10.1 Å². The Morgan fingerprint density at radius 2 is 1.70 bits per heavy atom. The maximum atomic E-state index is 13.9. The molecule has 1 aliphatic rings. The maximum Gasteiger partial charge on any atom is 0.244 e. The van der Waals surface area contributed by atoms with Crippen molar-refractivity contribution < 1.29 is 22.4 Å². The van der Waals surface area contributed by atoms with Gasteiger partial charge in [0.2, 0.25) is 21.8 Å². The molecule has 1 atom stereocenters.